The van der Waals surface area contributed by atoms with Crippen LogP contribution in [0.15, 0.2) is 36.5 Å². The Hall–Kier alpha value is -2.10. The molecule has 152 valence electrons. The van der Waals surface area contributed by atoms with Gasteiger partial charge in [-0.15, -0.1) is 12.4 Å². The van der Waals surface area contributed by atoms with Crippen molar-refractivity contribution in [3.05, 3.63) is 42.2 Å². The fourth-order valence-electron chi connectivity index (χ4n) is 3.56. The molecule has 0 radical (unpaired) electrons. The maximum atomic E-state index is 12.4. The zero-order valence-electron chi connectivity index (χ0n) is 15.4. The van der Waals surface area contributed by atoms with Crippen molar-refractivity contribution in [2.45, 2.75) is 25.3 Å². The van der Waals surface area contributed by atoms with Gasteiger partial charge in [0.05, 0.1) is 17.5 Å². The number of halogens is 1. The molecule has 4 rings (SSSR count). The maximum absolute atomic E-state index is 12.4. The van der Waals surface area contributed by atoms with Crippen LogP contribution in [0.3, 0.4) is 0 Å². The van der Waals surface area contributed by atoms with Gasteiger partial charge in [0.2, 0.25) is 10.0 Å². The molecule has 2 fully saturated rings. The van der Waals surface area contributed by atoms with Crippen LogP contribution in [-0.4, -0.2) is 49.5 Å². The van der Waals surface area contributed by atoms with Crippen molar-refractivity contribution in [3.8, 4) is 0 Å². The average molecular weight is 426 g/mol. The van der Waals surface area contributed by atoms with Crippen LogP contribution in [0.1, 0.15) is 35.8 Å². The minimum atomic E-state index is -3.20. The van der Waals surface area contributed by atoms with Crippen LogP contribution in [0.5, 0.6) is 0 Å². The lowest BCUT2D eigenvalue weighted by Crippen LogP contribution is -2.32. The molecule has 0 aliphatic carbocycles. The van der Waals surface area contributed by atoms with E-state index in [4.69, 9.17) is 0 Å². The zero-order chi connectivity index (χ0) is 18.9. The number of rotatable bonds is 4. The van der Waals surface area contributed by atoms with E-state index in [0.29, 0.717) is 30.0 Å². The Bertz CT molecular complexity index is 923. The second-order valence-corrected chi connectivity index (χ2v) is 8.94. The molecular weight excluding hydrogens is 402 g/mol. The molecule has 2 N–H and O–H groups in total. The van der Waals surface area contributed by atoms with E-state index in [1.54, 1.807) is 30.3 Å². The number of hydrogen-bond donors (Lipinski definition) is 2. The van der Waals surface area contributed by atoms with Crippen molar-refractivity contribution in [1.82, 2.24) is 15.1 Å². The van der Waals surface area contributed by atoms with Gasteiger partial charge in [-0.25, -0.2) is 8.42 Å². The van der Waals surface area contributed by atoms with Gasteiger partial charge in [0, 0.05) is 25.0 Å². The molecule has 2 aliphatic heterocycles. The first-order chi connectivity index (χ1) is 13.0. The summed E-state index contributed by atoms with van der Waals surface area (Å²) in [5, 5.41) is 10.6. The number of nitrogens with zero attached hydrogens (tertiary/aromatic N) is 3. The van der Waals surface area contributed by atoms with Crippen LogP contribution < -0.4 is 14.9 Å². The Balaban J connectivity index is 0.00000225. The van der Waals surface area contributed by atoms with Crippen molar-refractivity contribution in [2.75, 3.05) is 35.0 Å². The fourth-order valence-corrected chi connectivity index (χ4v) is 5.12. The Morgan fingerprint density at radius 3 is 2.61 bits per heavy atom. The number of hydrogen-bond acceptors (Lipinski definition) is 5. The van der Waals surface area contributed by atoms with Gasteiger partial charge in [-0.2, -0.15) is 5.10 Å². The van der Waals surface area contributed by atoms with E-state index in [9.17, 15) is 13.2 Å². The summed E-state index contributed by atoms with van der Waals surface area (Å²) in [7, 11) is -3.20. The molecule has 8 nitrogen and oxygen atoms in total. The molecule has 10 heteroatoms. The third-order valence-corrected chi connectivity index (χ3v) is 6.87. The van der Waals surface area contributed by atoms with Crippen molar-refractivity contribution in [3.63, 3.8) is 0 Å². The molecule has 28 heavy (non-hydrogen) atoms. The molecule has 1 aromatic carbocycles. The molecule has 0 saturated carbocycles. The summed E-state index contributed by atoms with van der Waals surface area (Å²) in [5.41, 5.74) is 1.60. The standard InChI is InChI=1S/C18H23N5O3S.ClH/c24-18(17-8-11-22(21-17)16-3-1-9-19-13-16)20-14-4-6-15(7-5-14)23-10-2-12-27(23,25)26;/h4-8,11,16,19H,1-3,9-10,12-13H2,(H,20,24);1H. The van der Waals surface area contributed by atoms with Crippen molar-refractivity contribution < 1.29 is 13.2 Å². The molecule has 1 unspecified atom stereocenters. The third kappa shape index (κ3) is 4.31. The van der Waals surface area contributed by atoms with Crippen molar-refractivity contribution in [2.24, 2.45) is 0 Å². The number of sulfonamides is 1. The summed E-state index contributed by atoms with van der Waals surface area (Å²) in [6.07, 6.45) is 4.63. The van der Waals surface area contributed by atoms with Gasteiger partial charge < -0.3 is 10.6 Å². The minimum absolute atomic E-state index is 0. The Labute approximate surface area is 170 Å². The lowest BCUT2D eigenvalue weighted by Gasteiger charge is -2.22. The second kappa shape index (κ2) is 8.50. The van der Waals surface area contributed by atoms with E-state index < -0.39 is 10.0 Å². The van der Waals surface area contributed by atoms with E-state index >= 15 is 0 Å². The summed E-state index contributed by atoms with van der Waals surface area (Å²) in [4.78, 5) is 12.4. The monoisotopic (exact) mass is 425 g/mol. The smallest absolute Gasteiger partial charge is 0.276 e. The van der Waals surface area contributed by atoms with Gasteiger partial charge >= 0.3 is 0 Å². The van der Waals surface area contributed by atoms with Gasteiger partial charge in [0.15, 0.2) is 5.69 Å². The summed E-state index contributed by atoms with van der Waals surface area (Å²) in [5.74, 6) is -0.0935. The molecule has 2 aliphatic rings. The first kappa shape index (κ1) is 20.6. The number of amides is 1. The molecule has 1 amide bonds. The molecular formula is C18H24ClN5O3S. The number of benzene rings is 1. The quantitative estimate of drug-likeness (QED) is 0.781. The Kier molecular flexibility index (Phi) is 6.26. The van der Waals surface area contributed by atoms with Gasteiger partial charge in [0.25, 0.3) is 5.91 Å². The lowest BCUT2D eigenvalue weighted by atomic mass is 10.1. The predicted molar refractivity (Wildman–Crippen MR) is 111 cm³/mol. The lowest BCUT2D eigenvalue weighted by molar-refractivity contribution is 0.102. The first-order valence-corrected chi connectivity index (χ1v) is 10.8. The predicted octanol–water partition coefficient (Wildman–Crippen LogP) is 2.02. The molecule has 1 atom stereocenters. The molecule has 3 heterocycles. The van der Waals surface area contributed by atoms with Crippen LogP contribution >= 0.6 is 12.4 Å². The van der Waals surface area contributed by atoms with E-state index in [1.165, 1.54) is 4.31 Å². The minimum Gasteiger partial charge on any atom is -0.321 e. The molecule has 0 bridgehead atoms. The number of nitrogens with one attached hydrogen (secondary N) is 2. The van der Waals surface area contributed by atoms with E-state index in [-0.39, 0.29) is 30.1 Å². The fraction of sp³-hybridized carbons (Fsp3) is 0.444. The number of carbonyl (C=O) groups is 1. The highest BCUT2D eigenvalue weighted by molar-refractivity contribution is 7.93. The number of anilines is 2. The highest BCUT2D eigenvalue weighted by atomic mass is 35.5. The van der Waals surface area contributed by atoms with E-state index in [0.717, 1.165) is 25.9 Å². The van der Waals surface area contributed by atoms with E-state index in [2.05, 4.69) is 15.7 Å². The highest BCUT2D eigenvalue weighted by Gasteiger charge is 2.28. The van der Waals surface area contributed by atoms with Gasteiger partial charge in [-0.1, -0.05) is 0 Å². The Morgan fingerprint density at radius 2 is 1.96 bits per heavy atom. The topological polar surface area (TPSA) is 96.3 Å². The highest BCUT2D eigenvalue weighted by Crippen LogP contribution is 2.25. The zero-order valence-corrected chi connectivity index (χ0v) is 17.0. The van der Waals surface area contributed by atoms with Crippen LogP contribution in [-0.2, 0) is 10.0 Å². The second-order valence-electron chi connectivity index (χ2n) is 6.92. The van der Waals surface area contributed by atoms with Crippen LogP contribution in [0.4, 0.5) is 11.4 Å². The van der Waals surface area contributed by atoms with E-state index in [1.807, 2.05) is 10.9 Å². The maximum Gasteiger partial charge on any atom is 0.276 e. The average Bonchev–Trinajstić information content (AvgIpc) is 3.30. The summed E-state index contributed by atoms with van der Waals surface area (Å²) >= 11 is 0. The SMILES string of the molecule is Cl.O=C(Nc1ccc(N2CCCS2(=O)=O)cc1)c1ccn(C2CCCNC2)n1. The summed E-state index contributed by atoms with van der Waals surface area (Å²) < 4.78 is 27.2. The molecule has 2 saturated heterocycles. The van der Waals surface area contributed by atoms with Gasteiger partial charge in [0.1, 0.15) is 0 Å². The van der Waals surface area contributed by atoms with Crippen LogP contribution in [0.2, 0.25) is 0 Å². The summed E-state index contributed by atoms with van der Waals surface area (Å²) in [6, 6.07) is 8.85. The normalized spacial score (nSPS) is 21.1. The van der Waals surface area contributed by atoms with Crippen molar-refractivity contribution in [1.29, 1.82) is 0 Å². The van der Waals surface area contributed by atoms with Crippen LogP contribution in [0, 0.1) is 0 Å². The summed E-state index contributed by atoms with van der Waals surface area (Å²) in [6.45, 7) is 2.39. The largest absolute Gasteiger partial charge is 0.321 e. The first-order valence-electron chi connectivity index (χ1n) is 9.21. The number of carbonyl (C=O) groups excluding carboxylic acids is 1. The third-order valence-electron chi connectivity index (χ3n) is 5.00. The number of aromatic nitrogens is 2. The number of piperidine rings is 1. The van der Waals surface area contributed by atoms with Gasteiger partial charge in [-0.3, -0.25) is 13.8 Å². The van der Waals surface area contributed by atoms with Gasteiger partial charge in [-0.05, 0) is 56.1 Å². The molecule has 1 aromatic heterocycles. The van der Waals surface area contributed by atoms with Crippen molar-refractivity contribution >= 4 is 39.7 Å². The van der Waals surface area contributed by atoms with Crippen LogP contribution in [0.25, 0.3) is 0 Å². The molecule has 2 aromatic rings. The Morgan fingerprint density at radius 1 is 1.18 bits per heavy atom. The molecule has 0 spiro atoms.